The average Bonchev–Trinajstić information content (AvgIpc) is 3.05. The van der Waals surface area contributed by atoms with Crippen molar-refractivity contribution in [2.24, 2.45) is 17.3 Å². The van der Waals surface area contributed by atoms with Gasteiger partial charge in [-0.15, -0.1) is 0 Å². The number of rotatable bonds is 6. The minimum atomic E-state index is -3.69. The molecule has 2 atom stereocenters. The fourth-order valence-corrected chi connectivity index (χ4v) is 4.63. The highest BCUT2D eigenvalue weighted by Crippen LogP contribution is 2.59. The number of nitrogens with zero attached hydrogens (tertiary/aromatic N) is 1. The number of allylic oxidation sites excluding steroid dienone is 1. The van der Waals surface area contributed by atoms with Gasteiger partial charge in [0, 0.05) is 20.5 Å². The molecule has 0 radical (unpaired) electrons. The molecule has 1 aromatic heterocycles. The summed E-state index contributed by atoms with van der Waals surface area (Å²) in [5.74, 6) is 0.638. The van der Waals surface area contributed by atoms with Gasteiger partial charge < -0.3 is 9.15 Å². The first-order valence-electron chi connectivity index (χ1n) is 8.52. The molecule has 0 aromatic carbocycles. The van der Waals surface area contributed by atoms with Crippen LogP contribution in [0.1, 0.15) is 43.7 Å². The second kappa shape index (κ2) is 6.29. The standard InChI is InChI=1S/C18H25NO5S/c1-18(2)13-6-5-12(14(18)11-13)9-10-23-17(20)15-7-8-16(24-15)25(21,22)19(3)4/h5,7-8,13-14H,6,9-11H2,1-4H3/t13-,14-/m0/s1. The van der Waals surface area contributed by atoms with Gasteiger partial charge in [-0.1, -0.05) is 25.5 Å². The van der Waals surface area contributed by atoms with Crippen LogP contribution in [-0.4, -0.2) is 39.4 Å². The van der Waals surface area contributed by atoms with Crippen molar-refractivity contribution >= 4 is 16.0 Å². The molecular weight excluding hydrogens is 342 g/mol. The largest absolute Gasteiger partial charge is 0.459 e. The van der Waals surface area contributed by atoms with E-state index in [9.17, 15) is 13.2 Å². The Morgan fingerprint density at radius 2 is 2.08 bits per heavy atom. The number of hydrogen-bond acceptors (Lipinski definition) is 5. The third-order valence-electron chi connectivity index (χ3n) is 5.72. The molecule has 0 saturated heterocycles. The van der Waals surface area contributed by atoms with Gasteiger partial charge in [0.25, 0.3) is 10.0 Å². The van der Waals surface area contributed by atoms with Gasteiger partial charge in [-0.2, -0.15) is 0 Å². The number of ether oxygens (including phenoxy) is 1. The van der Waals surface area contributed by atoms with Gasteiger partial charge in [-0.25, -0.2) is 17.5 Å². The lowest BCUT2D eigenvalue weighted by Crippen LogP contribution is -2.48. The normalized spacial score (nSPS) is 24.6. The van der Waals surface area contributed by atoms with Gasteiger partial charge in [0.1, 0.15) is 0 Å². The summed E-state index contributed by atoms with van der Waals surface area (Å²) < 4.78 is 35.4. The monoisotopic (exact) mass is 367 g/mol. The summed E-state index contributed by atoms with van der Waals surface area (Å²) >= 11 is 0. The highest BCUT2D eigenvalue weighted by atomic mass is 32.2. The quantitative estimate of drug-likeness (QED) is 0.570. The minimum Gasteiger partial charge on any atom is -0.459 e. The van der Waals surface area contributed by atoms with Crippen LogP contribution in [0, 0.1) is 17.3 Å². The highest BCUT2D eigenvalue weighted by molar-refractivity contribution is 7.88. The Kier molecular flexibility index (Phi) is 4.58. The Hall–Kier alpha value is -1.60. The third-order valence-corrected chi connectivity index (χ3v) is 7.41. The number of carbonyl (C=O) groups excluding carboxylic acids is 1. The van der Waals surface area contributed by atoms with Crippen molar-refractivity contribution in [3.8, 4) is 0 Å². The third kappa shape index (κ3) is 3.15. The molecular formula is C18H25NO5S. The zero-order chi connectivity index (χ0) is 18.4. The molecule has 7 heteroatoms. The van der Waals surface area contributed by atoms with E-state index < -0.39 is 16.0 Å². The van der Waals surface area contributed by atoms with Crippen LogP contribution in [-0.2, 0) is 14.8 Å². The van der Waals surface area contributed by atoms with E-state index in [-0.39, 0.29) is 17.5 Å². The molecule has 2 bridgehead atoms. The second-order valence-corrected chi connectivity index (χ2v) is 9.70. The van der Waals surface area contributed by atoms with Gasteiger partial charge in [0.15, 0.2) is 0 Å². The summed E-state index contributed by atoms with van der Waals surface area (Å²) in [6, 6.07) is 2.60. The van der Waals surface area contributed by atoms with Crippen molar-refractivity contribution in [2.45, 2.75) is 38.2 Å². The highest BCUT2D eigenvalue weighted by Gasteiger charge is 2.50. The molecule has 3 aliphatic rings. The minimum absolute atomic E-state index is 0.0953. The number of esters is 1. The first-order chi connectivity index (χ1) is 11.6. The van der Waals surface area contributed by atoms with Crippen molar-refractivity contribution < 1.29 is 22.4 Å². The van der Waals surface area contributed by atoms with Crippen molar-refractivity contribution in [3.63, 3.8) is 0 Å². The van der Waals surface area contributed by atoms with Crippen LogP contribution in [0.3, 0.4) is 0 Å². The maximum atomic E-state index is 12.1. The first kappa shape index (κ1) is 18.2. The summed E-state index contributed by atoms with van der Waals surface area (Å²) in [6.45, 7) is 4.89. The lowest BCUT2D eigenvalue weighted by Gasteiger charge is -2.56. The Bertz CT molecular complexity index is 803. The van der Waals surface area contributed by atoms with Crippen molar-refractivity contribution in [1.29, 1.82) is 0 Å². The van der Waals surface area contributed by atoms with Crippen LogP contribution in [0.25, 0.3) is 0 Å². The van der Waals surface area contributed by atoms with Crippen molar-refractivity contribution in [2.75, 3.05) is 20.7 Å². The molecule has 0 N–H and O–H groups in total. The molecule has 0 amide bonds. The van der Waals surface area contributed by atoms with Crippen LogP contribution < -0.4 is 0 Å². The molecule has 0 unspecified atom stereocenters. The molecule has 138 valence electrons. The number of furan rings is 1. The van der Waals surface area contributed by atoms with E-state index in [1.54, 1.807) is 0 Å². The summed E-state index contributed by atoms with van der Waals surface area (Å²) in [5, 5.41) is -0.262. The predicted molar refractivity (Wildman–Crippen MR) is 92.6 cm³/mol. The zero-order valence-corrected chi connectivity index (χ0v) is 15.9. The Labute approximate surface area is 148 Å². The molecule has 1 fully saturated rings. The molecule has 1 saturated carbocycles. The molecule has 6 nitrogen and oxygen atoms in total. The Balaban J connectivity index is 1.56. The van der Waals surface area contributed by atoms with Gasteiger partial charge >= 0.3 is 5.97 Å². The predicted octanol–water partition coefficient (Wildman–Crippen LogP) is 3.07. The molecule has 1 heterocycles. The van der Waals surface area contributed by atoms with E-state index in [1.165, 1.54) is 38.2 Å². The fraction of sp³-hybridized carbons (Fsp3) is 0.611. The molecule has 1 aromatic rings. The molecule has 25 heavy (non-hydrogen) atoms. The Morgan fingerprint density at radius 3 is 2.68 bits per heavy atom. The number of hydrogen-bond donors (Lipinski definition) is 0. The summed E-state index contributed by atoms with van der Waals surface area (Å²) in [5.41, 5.74) is 1.72. The molecule has 3 aliphatic carbocycles. The van der Waals surface area contributed by atoms with Crippen LogP contribution in [0.2, 0.25) is 0 Å². The van der Waals surface area contributed by atoms with Crippen molar-refractivity contribution in [3.05, 3.63) is 29.5 Å². The lowest BCUT2D eigenvalue weighted by molar-refractivity contribution is -0.0104. The average molecular weight is 367 g/mol. The van der Waals surface area contributed by atoms with Crippen LogP contribution >= 0.6 is 0 Å². The number of sulfonamides is 1. The van der Waals surface area contributed by atoms with Gasteiger partial charge in [-0.3, -0.25) is 0 Å². The topological polar surface area (TPSA) is 76.8 Å². The number of carbonyl (C=O) groups is 1. The van der Waals surface area contributed by atoms with E-state index in [0.29, 0.717) is 11.3 Å². The first-order valence-corrected chi connectivity index (χ1v) is 9.96. The summed E-state index contributed by atoms with van der Waals surface area (Å²) in [6.07, 6.45) is 5.34. The second-order valence-electron chi connectivity index (χ2n) is 7.61. The number of fused-ring (bicyclic) bond motifs is 1. The maximum absolute atomic E-state index is 12.1. The van der Waals surface area contributed by atoms with Crippen molar-refractivity contribution in [1.82, 2.24) is 4.31 Å². The molecule has 0 spiro atoms. The van der Waals surface area contributed by atoms with Crippen LogP contribution in [0.15, 0.2) is 33.3 Å². The van der Waals surface area contributed by atoms with Gasteiger partial charge in [-0.05, 0) is 42.2 Å². The SMILES string of the molecule is CN(C)S(=O)(=O)c1ccc(C(=O)OCCC2=CC[C@H]3C[C@@H]2C3(C)C)o1. The van der Waals surface area contributed by atoms with Gasteiger partial charge in [0.05, 0.1) is 6.61 Å². The molecule has 0 aliphatic heterocycles. The van der Waals surface area contributed by atoms with E-state index in [0.717, 1.165) is 23.1 Å². The van der Waals surface area contributed by atoms with Crippen LogP contribution in [0.4, 0.5) is 0 Å². The van der Waals surface area contributed by atoms with E-state index in [1.807, 2.05) is 0 Å². The maximum Gasteiger partial charge on any atom is 0.374 e. The smallest absolute Gasteiger partial charge is 0.374 e. The van der Waals surface area contributed by atoms with E-state index >= 15 is 0 Å². The molecule has 4 rings (SSSR count). The summed E-state index contributed by atoms with van der Waals surface area (Å²) in [4.78, 5) is 12.1. The zero-order valence-electron chi connectivity index (χ0n) is 15.1. The van der Waals surface area contributed by atoms with Gasteiger partial charge in [0.2, 0.25) is 10.9 Å². The summed E-state index contributed by atoms with van der Waals surface area (Å²) in [7, 11) is -0.886. The van der Waals surface area contributed by atoms with E-state index in [4.69, 9.17) is 9.15 Å². The van der Waals surface area contributed by atoms with E-state index in [2.05, 4.69) is 19.9 Å². The van der Waals surface area contributed by atoms with Crippen LogP contribution in [0.5, 0.6) is 0 Å². The lowest BCUT2D eigenvalue weighted by atomic mass is 9.48. The Morgan fingerprint density at radius 1 is 1.36 bits per heavy atom. The fourth-order valence-electron chi connectivity index (χ4n) is 3.84.